The van der Waals surface area contributed by atoms with Gasteiger partial charge in [-0.15, -0.1) is 11.6 Å². The second-order valence-corrected chi connectivity index (χ2v) is 4.66. The number of halogens is 2. The molecule has 0 aromatic heterocycles. The summed E-state index contributed by atoms with van der Waals surface area (Å²) in [4.78, 5) is 0. The first-order chi connectivity index (χ1) is 6.59. The predicted molar refractivity (Wildman–Crippen MR) is 63.2 cm³/mol. The lowest BCUT2D eigenvalue weighted by Gasteiger charge is -2.08. The third kappa shape index (κ3) is 3.87. The molecule has 1 rings (SSSR count). The zero-order valence-corrected chi connectivity index (χ0v) is 9.99. The molecular weight excluding hydrogens is 217 g/mol. The van der Waals surface area contributed by atoms with Gasteiger partial charge in [0.25, 0.3) is 0 Å². The van der Waals surface area contributed by atoms with Gasteiger partial charge in [0.05, 0.1) is 0 Å². The molecule has 78 valence electrons. The molecule has 0 saturated heterocycles. The molecule has 1 N–H and O–H groups in total. The Morgan fingerprint density at radius 2 is 2.14 bits per heavy atom. The number of benzene rings is 1. The van der Waals surface area contributed by atoms with Crippen molar-refractivity contribution in [2.45, 2.75) is 25.8 Å². The lowest BCUT2D eigenvalue weighted by molar-refractivity contribution is 0.680. The van der Waals surface area contributed by atoms with E-state index in [1.807, 2.05) is 26.0 Å². The van der Waals surface area contributed by atoms with Crippen LogP contribution in [0.2, 0.25) is 5.02 Å². The van der Waals surface area contributed by atoms with Crippen LogP contribution in [0.4, 0.5) is 0 Å². The van der Waals surface area contributed by atoms with Gasteiger partial charge in [0.2, 0.25) is 0 Å². The Morgan fingerprint density at radius 3 is 2.71 bits per heavy atom. The number of alkyl halides is 1. The van der Waals surface area contributed by atoms with Gasteiger partial charge in [-0.25, -0.2) is 0 Å². The molecule has 1 nitrogen and oxygen atoms in total. The largest absolute Gasteiger partial charge is 0.311 e. The predicted octanol–water partition coefficient (Wildman–Crippen LogP) is 3.37. The Morgan fingerprint density at radius 1 is 1.43 bits per heavy atom. The van der Waals surface area contributed by atoms with Gasteiger partial charge in [-0.1, -0.05) is 23.7 Å². The molecule has 0 amide bonds. The molecule has 0 aliphatic heterocycles. The van der Waals surface area contributed by atoms with Gasteiger partial charge in [-0.2, -0.15) is 0 Å². The summed E-state index contributed by atoms with van der Waals surface area (Å²) in [7, 11) is 0. The van der Waals surface area contributed by atoms with E-state index in [1.165, 1.54) is 5.56 Å². The molecule has 0 fully saturated rings. The number of hydrogen-bond acceptors (Lipinski definition) is 1. The molecule has 0 saturated carbocycles. The van der Waals surface area contributed by atoms with Gasteiger partial charge in [0.15, 0.2) is 0 Å². The molecule has 1 atom stereocenters. The molecule has 0 radical (unpaired) electrons. The molecule has 0 aliphatic rings. The van der Waals surface area contributed by atoms with Crippen LogP contribution in [0.25, 0.3) is 0 Å². The highest BCUT2D eigenvalue weighted by Gasteiger charge is 2.00. The first kappa shape index (κ1) is 11.8. The van der Waals surface area contributed by atoms with Gasteiger partial charge < -0.3 is 5.32 Å². The average Bonchev–Trinajstić information content (AvgIpc) is 2.08. The van der Waals surface area contributed by atoms with Crippen LogP contribution >= 0.6 is 23.2 Å². The van der Waals surface area contributed by atoms with Crippen LogP contribution in [0, 0.1) is 6.92 Å². The van der Waals surface area contributed by atoms with E-state index in [1.54, 1.807) is 0 Å². The van der Waals surface area contributed by atoms with Crippen LogP contribution in [0.3, 0.4) is 0 Å². The minimum Gasteiger partial charge on any atom is -0.311 e. The fourth-order valence-electron chi connectivity index (χ4n) is 1.20. The maximum atomic E-state index is 6.07. The summed E-state index contributed by atoms with van der Waals surface area (Å²) in [6.07, 6.45) is 0. The Hall–Kier alpha value is -0.240. The highest BCUT2D eigenvalue weighted by molar-refractivity contribution is 6.31. The Labute approximate surface area is 95.4 Å². The normalized spacial score (nSPS) is 12.9. The van der Waals surface area contributed by atoms with Crippen LogP contribution in [0.1, 0.15) is 18.1 Å². The van der Waals surface area contributed by atoms with Crippen molar-refractivity contribution in [1.29, 1.82) is 0 Å². The minimum atomic E-state index is 0.152. The van der Waals surface area contributed by atoms with E-state index in [9.17, 15) is 0 Å². The summed E-state index contributed by atoms with van der Waals surface area (Å²) < 4.78 is 0. The van der Waals surface area contributed by atoms with Crippen molar-refractivity contribution in [3.05, 3.63) is 34.3 Å². The van der Waals surface area contributed by atoms with Crippen molar-refractivity contribution >= 4 is 23.2 Å². The summed E-state index contributed by atoms with van der Waals surface area (Å²) in [6.45, 7) is 5.57. The third-order valence-electron chi connectivity index (χ3n) is 1.95. The number of rotatable bonds is 4. The van der Waals surface area contributed by atoms with E-state index < -0.39 is 0 Å². The lowest BCUT2D eigenvalue weighted by Crippen LogP contribution is -2.20. The van der Waals surface area contributed by atoms with Gasteiger partial charge in [-0.05, 0) is 31.0 Å². The maximum absolute atomic E-state index is 6.07. The fraction of sp³-hybridized carbons (Fsp3) is 0.455. The van der Waals surface area contributed by atoms with Crippen molar-refractivity contribution in [3.63, 3.8) is 0 Å². The molecule has 1 unspecified atom stereocenters. The average molecular weight is 232 g/mol. The standard InChI is InChI=1S/C11H15Cl2N/c1-8-3-4-10(11(13)5-8)7-14-6-9(2)12/h3-5,9,14H,6-7H2,1-2H3. The summed E-state index contributed by atoms with van der Waals surface area (Å²) in [5, 5.41) is 4.22. The molecule has 14 heavy (non-hydrogen) atoms. The molecule has 1 aromatic rings. The highest BCUT2D eigenvalue weighted by Crippen LogP contribution is 2.17. The topological polar surface area (TPSA) is 12.0 Å². The number of hydrogen-bond donors (Lipinski definition) is 1. The molecule has 3 heteroatoms. The highest BCUT2D eigenvalue weighted by atomic mass is 35.5. The Kier molecular flexibility index (Phi) is 4.73. The summed E-state index contributed by atoms with van der Waals surface area (Å²) in [5.74, 6) is 0. The number of aryl methyl sites for hydroxylation is 1. The van der Waals surface area contributed by atoms with Gasteiger partial charge in [-0.3, -0.25) is 0 Å². The summed E-state index contributed by atoms with van der Waals surface area (Å²) >= 11 is 11.9. The van der Waals surface area contributed by atoms with E-state index in [2.05, 4.69) is 11.4 Å². The Bertz CT molecular complexity index is 297. The molecule has 0 bridgehead atoms. The second kappa shape index (κ2) is 5.59. The molecular formula is C11H15Cl2N. The van der Waals surface area contributed by atoms with Crippen molar-refractivity contribution < 1.29 is 0 Å². The first-order valence-electron chi connectivity index (χ1n) is 4.69. The minimum absolute atomic E-state index is 0.152. The van der Waals surface area contributed by atoms with Crippen molar-refractivity contribution in [2.75, 3.05) is 6.54 Å². The molecule has 1 aromatic carbocycles. The van der Waals surface area contributed by atoms with E-state index in [-0.39, 0.29) is 5.38 Å². The first-order valence-corrected chi connectivity index (χ1v) is 5.51. The van der Waals surface area contributed by atoms with E-state index in [0.717, 1.165) is 23.7 Å². The number of nitrogens with one attached hydrogen (secondary N) is 1. The van der Waals surface area contributed by atoms with Crippen molar-refractivity contribution in [2.24, 2.45) is 0 Å². The lowest BCUT2D eigenvalue weighted by atomic mass is 10.1. The SMILES string of the molecule is Cc1ccc(CNCC(C)Cl)c(Cl)c1. The molecule has 0 heterocycles. The maximum Gasteiger partial charge on any atom is 0.0453 e. The summed E-state index contributed by atoms with van der Waals surface area (Å²) in [5.41, 5.74) is 2.30. The molecule has 0 spiro atoms. The summed E-state index contributed by atoms with van der Waals surface area (Å²) in [6, 6.07) is 6.08. The second-order valence-electron chi connectivity index (χ2n) is 3.51. The van der Waals surface area contributed by atoms with E-state index in [0.29, 0.717) is 0 Å². The van der Waals surface area contributed by atoms with Crippen molar-refractivity contribution in [3.8, 4) is 0 Å². The van der Waals surface area contributed by atoms with Gasteiger partial charge >= 0.3 is 0 Å². The zero-order valence-electron chi connectivity index (χ0n) is 8.48. The monoisotopic (exact) mass is 231 g/mol. The molecule has 0 aliphatic carbocycles. The quantitative estimate of drug-likeness (QED) is 0.785. The van der Waals surface area contributed by atoms with Gasteiger partial charge in [0, 0.05) is 23.5 Å². The van der Waals surface area contributed by atoms with Crippen LogP contribution < -0.4 is 5.32 Å². The van der Waals surface area contributed by atoms with Crippen LogP contribution in [-0.4, -0.2) is 11.9 Å². The Balaban J connectivity index is 2.51. The van der Waals surface area contributed by atoms with E-state index >= 15 is 0 Å². The van der Waals surface area contributed by atoms with Crippen molar-refractivity contribution in [1.82, 2.24) is 5.32 Å². The zero-order chi connectivity index (χ0) is 10.6. The fourth-order valence-corrected chi connectivity index (χ4v) is 1.61. The smallest absolute Gasteiger partial charge is 0.0453 e. The van der Waals surface area contributed by atoms with Crippen LogP contribution in [-0.2, 0) is 6.54 Å². The van der Waals surface area contributed by atoms with E-state index in [4.69, 9.17) is 23.2 Å². The van der Waals surface area contributed by atoms with Crippen LogP contribution in [0.5, 0.6) is 0 Å². The van der Waals surface area contributed by atoms with Gasteiger partial charge in [0.1, 0.15) is 0 Å². The van der Waals surface area contributed by atoms with Crippen LogP contribution in [0.15, 0.2) is 18.2 Å². The third-order valence-corrected chi connectivity index (χ3v) is 2.46.